The van der Waals surface area contributed by atoms with Gasteiger partial charge in [0.05, 0.1) is 0 Å². The summed E-state index contributed by atoms with van der Waals surface area (Å²) in [7, 11) is 0. The first-order valence-corrected chi connectivity index (χ1v) is 10.4. The molecule has 3 aromatic carbocycles. The van der Waals surface area contributed by atoms with Gasteiger partial charge in [-0.1, -0.05) is 54.6 Å². The Bertz CT molecular complexity index is 854. The maximum atomic E-state index is 5.99. The molecule has 29 heavy (non-hydrogen) atoms. The molecule has 0 radical (unpaired) electrons. The van der Waals surface area contributed by atoms with Gasteiger partial charge in [0, 0.05) is 44.0 Å². The fourth-order valence-corrected chi connectivity index (χ4v) is 3.70. The molecule has 1 aliphatic rings. The molecule has 3 nitrogen and oxygen atoms in total. The monoisotopic (exact) mass is 384 g/mol. The zero-order valence-electron chi connectivity index (χ0n) is 16.8. The van der Waals surface area contributed by atoms with E-state index in [0.29, 0.717) is 0 Å². The molecule has 0 atom stereocenters. The van der Waals surface area contributed by atoms with Gasteiger partial charge >= 0.3 is 0 Å². The standard InChI is InChI=1S/C26H28N2O/c1-4-11-23(12-5-1)28(24-13-6-2-7-14-24)20-10-19-27-21-17-26(18-22-27)29-25-15-8-3-9-16-25/h1-9,11-17H,10,18-22H2. The lowest BCUT2D eigenvalue weighted by Gasteiger charge is -2.29. The summed E-state index contributed by atoms with van der Waals surface area (Å²) in [4.78, 5) is 4.91. The molecule has 0 amide bonds. The highest BCUT2D eigenvalue weighted by molar-refractivity contribution is 5.62. The quantitative estimate of drug-likeness (QED) is 0.482. The van der Waals surface area contributed by atoms with Gasteiger partial charge in [-0.2, -0.15) is 0 Å². The van der Waals surface area contributed by atoms with E-state index in [1.807, 2.05) is 30.3 Å². The van der Waals surface area contributed by atoms with Crippen LogP contribution in [0, 0.1) is 0 Å². The van der Waals surface area contributed by atoms with E-state index >= 15 is 0 Å². The SMILES string of the molecule is C1=C(Oc2ccccc2)CCN(CCCN(c2ccccc2)c2ccccc2)C1. The minimum Gasteiger partial charge on any atom is -0.462 e. The maximum absolute atomic E-state index is 5.99. The maximum Gasteiger partial charge on any atom is 0.126 e. The van der Waals surface area contributed by atoms with Crippen LogP contribution in [0.4, 0.5) is 11.4 Å². The van der Waals surface area contributed by atoms with Crippen molar-refractivity contribution in [1.82, 2.24) is 4.90 Å². The number of rotatable bonds is 8. The molecule has 0 aromatic heterocycles. The van der Waals surface area contributed by atoms with Crippen molar-refractivity contribution in [2.45, 2.75) is 12.8 Å². The number of hydrogen-bond donors (Lipinski definition) is 0. The van der Waals surface area contributed by atoms with Crippen LogP contribution in [0.1, 0.15) is 12.8 Å². The molecule has 0 bridgehead atoms. The molecule has 0 fully saturated rings. The van der Waals surface area contributed by atoms with Gasteiger partial charge < -0.3 is 9.64 Å². The first-order valence-electron chi connectivity index (χ1n) is 10.4. The molecule has 1 aliphatic heterocycles. The molecule has 4 rings (SSSR count). The summed E-state index contributed by atoms with van der Waals surface area (Å²) in [5.41, 5.74) is 2.49. The number of ether oxygens (including phenoxy) is 1. The predicted octanol–water partition coefficient (Wildman–Crippen LogP) is 5.88. The van der Waals surface area contributed by atoms with Gasteiger partial charge in [0.2, 0.25) is 0 Å². The van der Waals surface area contributed by atoms with Gasteiger partial charge in [-0.15, -0.1) is 0 Å². The Morgan fingerprint density at radius 3 is 1.90 bits per heavy atom. The largest absolute Gasteiger partial charge is 0.462 e. The lowest BCUT2D eigenvalue weighted by molar-refractivity contribution is 0.260. The van der Waals surface area contributed by atoms with Crippen LogP contribution in [0.3, 0.4) is 0 Å². The van der Waals surface area contributed by atoms with E-state index in [0.717, 1.165) is 50.5 Å². The van der Waals surface area contributed by atoms with E-state index in [4.69, 9.17) is 4.74 Å². The smallest absolute Gasteiger partial charge is 0.126 e. The molecule has 3 heteroatoms. The van der Waals surface area contributed by atoms with Crippen molar-refractivity contribution in [3.8, 4) is 5.75 Å². The van der Waals surface area contributed by atoms with Crippen molar-refractivity contribution in [3.63, 3.8) is 0 Å². The Morgan fingerprint density at radius 2 is 1.34 bits per heavy atom. The molecule has 0 unspecified atom stereocenters. The molecular formula is C26H28N2O. The van der Waals surface area contributed by atoms with E-state index in [2.05, 4.69) is 76.5 Å². The molecule has 1 heterocycles. The first kappa shape index (κ1) is 19.3. The Labute approximate surface area is 173 Å². The molecule has 0 saturated carbocycles. The number of hydrogen-bond acceptors (Lipinski definition) is 3. The van der Waals surface area contributed by atoms with E-state index in [1.165, 1.54) is 11.4 Å². The lowest BCUT2D eigenvalue weighted by atomic mass is 10.2. The molecule has 0 N–H and O–H groups in total. The van der Waals surface area contributed by atoms with Crippen LogP contribution >= 0.6 is 0 Å². The second-order valence-corrected chi connectivity index (χ2v) is 7.31. The third kappa shape index (κ3) is 5.49. The van der Waals surface area contributed by atoms with Gasteiger partial charge in [0.1, 0.15) is 11.5 Å². The summed E-state index contributed by atoms with van der Waals surface area (Å²) in [6.45, 7) is 4.10. The average Bonchev–Trinajstić information content (AvgIpc) is 2.80. The normalized spacial score (nSPS) is 14.3. The number of benzene rings is 3. The summed E-state index contributed by atoms with van der Waals surface area (Å²) in [6.07, 6.45) is 4.31. The average molecular weight is 385 g/mol. The fraction of sp³-hybridized carbons (Fsp3) is 0.231. The van der Waals surface area contributed by atoms with Gasteiger partial charge in [-0.3, -0.25) is 4.90 Å². The van der Waals surface area contributed by atoms with Crippen LogP contribution in [-0.2, 0) is 0 Å². The minimum atomic E-state index is 0.925. The van der Waals surface area contributed by atoms with Gasteiger partial charge in [-0.05, 0) is 48.9 Å². The highest BCUT2D eigenvalue weighted by Crippen LogP contribution is 2.25. The number of nitrogens with zero attached hydrogens (tertiary/aromatic N) is 2. The lowest BCUT2D eigenvalue weighted by Crippen LogP contribution is -2.32. The molecule has 0 spiro atoms. The highest BCUT2D eigenvalue weighted by atomic mass is 16.5. The van der Waals surface area contributed by atoms with Crippen LogP contribution in [0.5, 0.6) is 5.75 Å². The topological polar surface area (TPSA) is 15.7 Å². The highest BCUT2D eigenvalue weighted by Gasteiger charge is 2.14. The van der Waals surface area contributed by atoms with Crippen LogP contribution in [-0.4, -0.2) is 31.1 Å². The first-order chi connectivity index (χ1) is 14.4. The zero-order valence-corrected chi connectivity index (χ0v) is 16.8. The number of anilines is 2. The van der Waals surface area contributed by atoms with Crippen molar-refractivity contribution in [1.29, 1.82) is 0 Å². The summed E-state index contributed by atoms with van der Waals surface area (Å²) in [6, 6.07) is 31.4. The van der Waals surface area contributed by atoms with Crippen LogP contribution < -0.4 is 9.64 Å². The Kier molecular flexibility index (Phi) is 6.61. The Hall–Kier alpha value is -3.04. The molecule has 0 aliphatic carbocycles. The Balaban J connectivity index is 1.31. The Morgan fingerprint density at radius 1 is 0.759 bits per heavy atom. The van der Waals surface area contributed by atoms with E-state index in [1.54, 1.807) is 0 Å². The number of para-hydroxylation sites is 3. The summed E-state index contributed by atoms with van der Waals surface area (Å²) >= 11 is 0. The van der Waals surface area contributed by atoms with Crippen molar-refractivity contribution in [2.24, 2.45) is 0 Å². The molecular weight excluding hydrogens is 356 g/mol. The van der Waals surface area contributed by atoms with Crippen molar-refractivity contribution < 1.29 is 4.74 Å². The minimum absolute atomic E-state index is 0.925. The van der Waals surface area contributed by atoms with Crippen LogP contribution in [0.2, 0.25) is 0 Å². The van der Waals surface area contributed by atoms with Crippen molar-refractivity contribution in [2.75, 3.05) is 31.1 Å². The second-order valence-electron chi connectivity index (χ2n) is 7.31. The predicted molar refractivity (Wildman–Crippen MR) is 121 cm³/mol. The van der Waals surface area contributed by atoms with Gasteiger partial charge in [-0.25, -0.2) is 0 Å². The van der Waals surface area contributed by atoms with E-state index in [-0.39, 0.29) is 0 Å². The van der Waals surface area contributed by atoms with Crippen LogP contribution in [0.25, 0.3) is 0 Å². The zero-order chi connectivity index (χ0) is 19.7. The van der Waals surface area contributed by atoms with Gasteiger partial charge in [0.25, 0.3) is 0 Å². The summed E-state index contributed by atoms with van der Waals surface area (Å²) in [5.74, 6) is 2.01. The third-order valence-electron chi connectivity index (χ3n) is 5.24. The summed E-state index contributed by atoms with van der Waals surface area (Å²) < 4.78 is 5.99. The van der Waals surface area contributed by atoms with Crippen molar-refractivity contribution >= 4 is 11.4 Å². The molecule has 148 valence electrons. The molecule has 3 aromatic rings. The fourth-order valence-electron chi connectivity index (χ4n) is 3.70. The third-order valence-corrected chi connectivity index (χ3v) is 5.24. The van der Waals surface area contributed by atoms with Crippen molar-refractivity contribution in [3.05, 3.63) is 103 Å². The van der Waals surface area contributed by atoms with Crippen LogP contribution in [0.15, 0.2) is 103 Å². The van der Waals surface area contributed by atoms with E-state index in [9.17, 15) is 0 Å². The molecule has 0 saturated heterocycles. The summed E-state index contributed by atoms with van der Waals surface area (Å²) in [5, 5.41) is 0. The van der Waals surface area contributed by atoms with E-state index < -0.39 is 0 Å². The van der Waals surface area contributed by atoms with Gasteiger partial charge in [0.15, 0.2) is 0 Å². The second kappa shape index (κ2) is 9.94.